The van der Waals surface area contributed by atoms with Gasteiger partial charge in [-0.05, 0) is 19.4 Å². The maximum absolute atomic E-state index is 10.5. The minimum atomic E-state index is -0.950. The van der Waals surface area contributed by atoms with E-state index in [2.05, 4.69) is 10.6 Å². The first kappa shape index (κ1) is 11.1. The number of carboxylic acid groups (broad SMARTS) is 1. The predicted octanol–water partition coefficient (Wildman–Crippen LogP) is -0.630. The molecule has 0 aromatic heterocycles. The number of aldehydes is 1. The molecule has 1 rings (SSSR count). The smallest absolute Gasteiger partial charge is 0.305 e. The van der Waals surface area contributed by atoms with Gasteiger partial charge in [-0.25, -0.2) is 0 Å². The van der Waals surface area contributed by atoms with Gasteiger partial charge < -0.3 is 20.5 Å². The van der Waals surface area contributed by atoms with Crippen molar-refractivity contribution in [1.82, 2.24) is 10.6 Å². The molecule has 1 heterocycles. The van der Waals surface area contributed by atoms with Gasteiger partial charge in [-0.3, -0.25) is 4.79 Å². The second kappa shape index (κ2) is 5.72. The highest BCUT2D eigenvalue weighted by atomic mass is 16.4. The summed E-state index contributed by atoms with van der Waals surface area (Å²) >= 11 is 0. The van der Waals surface area contributed by atoms with E-state index in [1.807, 2.05) is 0 Å². The highest BCUT2D eigenvalue weighted by Crippen LogP contribution is 2.03. The quantitative estimate of drug-likeness (QED) is 0.498. The normalized spacial score (nSPS) is 23.3. The molecule has 0 saturated carbocycles. The number of carboxylic acids is 1. The molecule has 1 fully saturated rings. The van der Waals surface area contributed by atoms with E-state index in [0.717, 1.165) is 19.4 Å². The lowest BCUT2D eigenvalue weighted by atomic mass is 10.2. The van der Waals surface area contributed by atoms with E-state index in [0.29, 0.717) is 18.9 Å². The zero-order valence-electron chi connectivity index (χ0n) is 8.03. The van der Waals surface area contributed by atoms with Crippen molar-refractivity contribution in [1.29, 1.82) is 0 Å². The molecule has 0 bridgehead atoms. The summed E-state index contributed by atoms with van der Waals surface area (Å²) in [6, 6.07) is -0.179. The third kappa shape index (κ3) is 3.85. The third-order valence-corrected chi connectivity index (χ3v) is 2.35. The average molecular weight is 200 g/mol. The number of aliphatic carboxylic acids is 1. The van der Waals surface area contributed by atoms with Crippen LogP contribution >= 0.6 is 0 Å². The summed E-state index contributed by atoms with van der Waals surface area (Å²) in [6.45, 7) is 1.67. The van der Waals surface area contributed by atoms with Gasteiger partial charge in [0.2, 0.25) is 0 Å². The Balaban J connectivity index is 2.19. The SMILES string of the molecule is O=C[C@H](CC(=O)O)NC[C@@H]1CCCN1. The van der Waals surface area contributed by atoms with Gasteiger partial charge in [0.25, 0.3) is 0 Å². The molecular formula is C9H16N2O3. The zero-order valence-corrected chi connectivity index (χ0v) is 8.03. The lowest BCUT2D eigenvalue weighted by Crippen LogP contribution is -2.41. The number of carbonyl (C=O) groups excluding carboxylic acids is 1. The number of carbonyl (C=O) groups is 2. The van der Waals surface area contributed by atoms with Crippen molar-refractivity contribution in [3.63, 3.8) is 0 Å². The number of nitrogens with one attached hydrogen (secondary N) is 2. The molecule has 5 nitrogen and oxygen atoms in total. The Kier molecular flexibility index (Phi) is 4.55. The van der Waals surface area contributed by atoms with Crippen LogP contribution in [0, 0.1) is 0 Å². The molecule has 0 aromatic carbocycles. The molecule has 14 heavy (non-hydrogen) atoms. The standard InChI is InChI=1S/C9H16N2O3/c12-6-8(4-9(13)14)11-5-7-2-1-3-10-7/h6-8,10-11H,1-5H2,(H,13,14)/t7-,8-/m0/s1. The fourth-order valence-corrected chi connectivity index (χ4v) is 1.58. The van der Waals surface area contributed by atoms with Crippen molar-refractivity contribution in [3.8, 4) is 0 Å². The van der Waals surface area contributed by atoms with Crippen LogP contribution in [-0.4, -0.2) is 42.5 Å². The summed E-state index contributed by atoms with van der Waals surface area (Å²) in [5, 5.41) is 14.7. The van der Waals surface area contributed by atoms with E-state index < -0.39 is 12.0 Å². The van der Waals surface area contributed by atoms with E-state index in [-0.39, 0.29) is 6.42 Å². The van der Waals surface area contributed by atoms with Crippen molar-refractivity contribution in [2.75, 3.05) is 13.1 Å². The molecular weight excluding hydrogens is 184 g/mol. The lowest BCUT2D eigenvalue weighted by Gasteiger charge is -2.14. The van der Waals surface area contributed by atoms with Gasteiger partial charge in [0.05, 0.1) is 12.5 Å². The van der Waals surface area contributed by atoms with Crippen LogP contribution in [0.15, 0.2) is 0 Å². The van der Waals surface area contributed by atoms with Crippen LogP contribution in [0.2, 0.25) is 0 Å². The van der Waals surface area contributed by atoms with Crippen molar-refractivity contribution in [3.05, 3.63) is 0 Å². The summed E-state index contributed by atoms with van der Waals surface area (Å²) in [7, 11) is 0. The van der Waals surface area contributed by atoms with Gasteiger partial charge in [0, 0.05) is 12.6 Å². The minimum absolute atomic E-state index is 0.143. The summed E-state index contributed by atoms with van der Waals surface area (Å²) in [6.07, 6.45) is 2.75. The largest absolute Gasteiger partial charge is 0.481 e. The summed E-state index contributed by atoms with van der Waals surface area (Å²) in [5.74, 6) is -0.950. The lowest BCUT2D eigenvalue weighted by molar-refractivity contribution is -0.138. The topological polar surface area (TPSA) is 78.4 Å². The Labute approximate surface area is 82.9 Å². The van der Waals surface area contributed by atoms with E-state index in [4.69, 9.17) is 5.11 Å². The molecule has 5 heteroatoms. The van der Waals surface area contributed by atoms with E-state index in [1.54, 1.807) is 0 Å². The summed E-state index contributed by atoms with van der Waals surface area (Å²) in [5.41, 5.74) is 0. The van der Waals surface area contributed by atoms with Crippen LogP contribution in [0.5, 0.6) is 0 Å². The molecule has 0 spiro atoms. The van der Waals surface area contributed by atoms with Gasteiger partial charge in [0.15, 0.2) is 0 Å². The Morgan fingerprint density at radius 2 is 2.50 bits per heavy atom. The highest BCUT2D eigenvalue weighted by molar-refractivity contribution is 5.73. The van der Waals surface area contributed by atoms with Gasteiger partial charge in [-0.1, -0.05) is 0 Å². The molecule has 0 aliphatic carbocycles. The van der Waals surface area contributed by atoms with Crippen LogP contribution in [-0.2, 0) is 9.59 Å². The van der Waals surface area contributed by atoms with Gasteiger partial charge in [0.1, 0.15) is 6.29 Å². The molecule has 1 aliphatic heterocycles. The summed E-state index contributed by atoms with van der Waals surface area (Å²) in [4.78, 5) is 20.8. The molecule has 80 valence electrons. The molecule has 0 aromatic rings. The number of hydrogen-bond donors (Lipinski definition) is 3. The van der Waals surface area contributed by atoms with E-state index in [9.17, 15) is 9.59 Å². The van der Waals surface area contributed by atoms with Crippen molar-refractivity contribution in [2.24, 2.45) is 0 Å². The van der Waals surface area contributed by atoms with E-state index >= 15 is 0 Å². The third-order valence-electron chi connectivity index (χ3n) is 2.35. The molecule has 1 saturated heterocycles. The fraction of sp³-hybridized carbons (Fsp3) is 0.778. The van der Waals surface area contributed by atoms with Crippen LogP contribution in [0.4, 0.5) is 0 Å². The first-order valence-electron chi connectivity index (χ1n) is 4.86. The van der Waals surface area contributed by atoms with Gasteiger partial charge in [-0.2, -0.15) is 0 Å². The molecule has 0 amide bonds. The van der Waals surface area contributed by atoms with Crippen LogP contribution in [0.25, 0.3) is 0 Å². The Bertz CT molecular complexity index is 202. The molecule has 1 aliphatic rings. The fourth-order valence-electron chi connectivity index (χ4n) is 1.58. The molecule has 3 N–H and O–H groups in total. The second-order valence-corrected chi connectivity index (χ2v) is 3.54. The first-order valence-corrected chi connectivity index (χ1v) is 4.86. The van der Waals surface area contributed by atoms with Gasteiger partial charge >= 0.3 is 5.97 Å². The Hall–Kier alpha value is -0.940. The average Bonchev–Trinajstić information content (AvgIpc) is 2.64. The van der Waals surface area contributed by atoms with Crippen LogP contribution in [0.1, 0.15) is 19.3 Å². The first-order chi connectivity index (χ1) is 6.72. The Morgan fingerprint density at radius 3 is 3.00 bits per heavy atom. The van der Waals surface area contributed by atoms with Crippen LogP contribution < -0.4 is 10.6 Å². The maximum atomic E-state index is 10.5. The van der Waals surface area contributed by atoms with Gasteiger partial charge in [-0.15, -0.1) is 0 Å². The minimum Gasteiger partial charge on any atom is -0.481 e. The van der Waals surface area contributed by atoms with Crippen LogP contribution in [0.3, 0.4) is 0 Å². The maximum Gasteiger partial charge on any atom is 0.305 e. The predicted molar refractivity (Wildman–Crippen MR) is 51.1 cm³/mol. The highest BCUT2D eigenvalue weighted by Gasteiger charge is 2.17. The second-order valence-electron chi connectivity index (χ2n) is 3.54. The Morgan fingerprint density at radius 1 is 1.71 bits per heavy atom. The van der Waals surface area contributed by atoms with Crippen molar-refractivity contribution >= 4 is 12.3 Å². The zero-order chi connectivity index (χ0) is 10.4. The molecule has 0 radical (unpaired) electrons. The molecule has 0 unspecified atom stereocenters. The van der Waals surface area contributed by atoms with Crippen molar-refractivity contribution in [2.45, 2.75) is 31.3 Å². The molecule has 2 atom stereocenters. The monoisotopic (exact) mass is 200 g/mol. The van der Waals surface area contributed by atoms with Crippen molar-refractivity contribution < 1.29 is 14.7 Å². The number of hydrogen-bond acceptors (Lipinski definition) is 4. The summed E-state index contributed by atoms with van der Waals surface area (Å²) < 4.78 is 0. The number of rotatable bonds is 6. The van der Waals surface area contributed by atoms with E-state index in [1.165, 1.54) is 0 Å².